The summed E-state index contributed by atoms with van der Waals surface area (Å²) < 4.78 is 4.83. The summed E-state index contributed by atoms with van der Waals surface area (Å²) in [4.78, 5) is 37.6. The molecule has 6 heteroatoms. The standard InChI is InChI=1S/C15H14N2O4/c1-2-21-15(20)11-8-17-12-5-3-9(4-6-13(16)18)7-10(12)14(11)19/h3-8H,2H2,1H3,(H2,16,18)(H,17,19). The van der Waals surface area contributed by atoms with Gasteiger partial charge in [-0.15, -0.1) is 0 Å². The van der Waals surface area contributed by atoms with E-state index in [1.165, 1.54) is 18.3 Å². The largest absolute Gasteiger partial charge is 0.462 e. The second-order valence-corrected chi connectivity index (χ2v) is 4.29. The molecule has 1 aromatic heterocycles. The average molecular weight is 286 g/mol. The van der Waals surface area contributed by atoms with E-state index in [1.807, 2.05) is 0 Å². The SMILES string of the molecule is CCOC(=O)c1c[nH]c2ccc(C=CC(N)=O)cc2c1=O. The van der Waals surface area contributed by atoms with Crippen LogP contribution < -0.4 is 11.2 Å². The Morgan fingerprint density at radius 2 is 2.14 bits per heavy atom. The lowest BCUT2D eigenvalue weighted by atomic mass is 10.1. The number of benzene rings is 1. The van der Waals surface area contributed by atoms with Crippen molar-refractivity contribution in [2.45, 2.75) is 6.92 Å². The van der Waals surface area contributed by atoms with Crippen molar-refractivity contribution in [3.8, 4) is 0 Å². The van der Waals surface area contributed by atoms with Crippen LogP contribution in [0.5, 0.6) is 0 Å². The topological polar surface area (TPSA) is 102 Å². The molecule has 1 amide bonds. The molecular weight excluding hydrogens is 272 g/mol. The highest BCUT2D eigenvalue weighted by molar-refractivity contribution is 5.94. The van der Waals surface area contributed by atoms with Crippen molar-refractivity contribution in [1.29, 1.82) is 0 Å². The number of hydrogen-bond acceptors (Lipinski definition) is 4. The zero-order valence-electron chi connectivity index (χ0n) is 11.4. The first-order valence-corrected chi connectivity index (χ1v) is 6.33. The molecule has 0 spiro atoms. The third-order valence-electron chi connectivity index (χ3n) is 2.84. The molecule has 0 atom stereocenters. The summed E-state index contributed by atoms with van der Waals surface area (Å²) in [5.74, 6) is -1.25. The molecule has 0 aliphatic rings. The molecule has 0 aliphatic carbocycles. The van der Waals surface area contributed by atoms with E-state index in [2.05, 4.69) is 4.98 Å². The Labute approximate surface area is 120 Å². The highest BCUT2D eigenvalue weighted by Crippen LogP contribution is 2.13. The number of aromatic amines is 1. The van der Waals surface area contributed by atoms with E-state index < -0.39 is 17.3 Å². The molecular formula is C15H14N2O4. The minimum Gasteiger partial charge on any atom is -0.462 e. The number of fused-ring (bicyclic) bond motifs is 1. The first-order valence-electron chi connectivity index (χ1n) is 6.33. The lowest BCUT2D eigenvalue weighted by molar-refractivity contribution is -0.113. The molecule has 2 rings (SSSR count). The number of esters is 1. The smallest absolute Gasteiger partial charge is 0.343 e. The third kappa shape index (κ3) is 3.17. The van der Waals surface area contributed by atoms with Gasteiger partial charge in [0.05, 0.1) is 6.61 Å². The van der Waals surface area contributed by atoms with Gasteiger partial charge in [0.2, 0.25) is 11.3 Å². The Bertz CT molecular complexity index is 790. The predicted molar refractivity (Wildman–Crippen MR) is 78.8 cm³/mol. The molecule has 0 fully saturated rings. The molecule has 2 aromatic rings. The number of ether oxygens (including phenoxy) is 1. The van der Waals surface area contributed by atoms with Crippen molar-refractivity contribution in [3.05, 3.63) is 51.8 Å². The van der Waals surface area contributed by atoms with Crippen LogP contribution in [0.1, 0.15) is 22.8 Å². The van der Waals surface area contributed by atoms with Gasteiger partial charge in [0.25, 0.3) is 0 Å². The van der Waals surface area contributed by atoms with E-state index in [0.717, 1.165) is 0 Å². The van der Waals surface area contributed by atoms with Gasteiger partial charge < -0.3 is 15.5 Å². The second-order valence-electron chi connectivity index (χ2n) is 4.29. The molecule has 0 aliphatic heterocycles. The van der Waals surface area contributed by atoms with Crippen molar-refractivity contribution >= 4 is 28.9 Å². The van der Waals surface area contributed by atoms with Crippen LogP contribution in [0.3, 0.4) is 0 Å². The number of H-pyrrole nitrogens is 1. The van der Waals surface area contributed by atoms with Crippen LogP contribution in [-0.2, 0) is 9.53 Å². The highest BCUT2D eigenvalue weighted by Gasteiger charge is 2.13. The molecule has 1 aromatic carbocycles. The number of carbonyl (C=O) groups excluding carboxylic acids is 2. The zero-order chi connectivity index (χ0) is 15.4. The number of hydrogen-bond donors (Lipinski definition) is 2. The lowest BCUT2D eigenvalue weighted by Crippen LogP contribution is -2.18. The van der Waals surface area contributed by atoms with Gasteiger partial charge in [-0.1, -0.05) is 6.07 Å². The summed E-state index contributed by atoms with van der Waals surface area (Å²) in [7, 11) is 0. The Hall–Kier alpha value is -2.89. The van der Waals surface area contributed by atoms with Gasteiger partial charge in [-0.2, -0.15) is 0 Å². The molecule has 3 N–H and O–H groups in total. The first kappa shape index (κ1) is 14.5. The maximum absolute atomic E-state index is 12.3. The van der Waals surface area contributed by atoms with Gasteiger partial charge in [0.15, 0.2) is 0 Å². The number of amides is 1. The summed E-state index contributed by atoms with van der Waals surface area (Å²) in [5, 5.41) is 0.340. The van der Waals surface area contributed by atoms with Crippen LogP contribution in [-0.4, -0.2) is 23.5 Å². The first-order chi connectivity index (χ1) is 10.0. The molecule has 0 bridgehead atoms. The fourth-order valence-corrected chi connectivity index (χ4v) is 1.88. The van der Waals surface area contributed by atoms with Crippen molar-refractivity contribution in [2.75, 3.05) is 6.61 Å². The van der Waals surface area contributed by atoms with E-state index in [-0.39, 0.29) is 12.2 Å². The van der Waals surface area contributed by atoms with Crippen molar-refractivity contribution in [3.63, 3.8) is 0 Å². The maximum Gasteiger partial charge on any atom is 0.343 e. The Kier molecular flexibility index (Phi) is 4.18. The Balaban J connectivity index is 2.54. The van der Waals surface area contributed by atoms with Crippen LogP contribution in [0, 0.1) is 0 Å². The highest BCUT2D eigenvalue weighted by atomic mass is 16.5. The third-order valence-corrected chi connectivity index (χ3v) is 2.84. The zero-order valence-corrected chi connectivity index (χ0v) is 11.4. The van der Waals surface area contributed by atoms with E-state index >= 15 is 0 Å². The molecule has 21 heavy (non-hydrogen) atoms. The van der Waals surface area contributed by atoms with Crippen LogP contribution in [0.4, 0.5) is 0 Å². The van der Waals surface area contributed by atoms with Gasteiger partial charge in [-0.3, -0.25) is 9.59 Å². The van der Waals surface area contributed by atoms with E-state index in [9.17, 15) is 14.4 Å². The van der Waals surface area contributed by atoms with Crippen molar-refractivity contribution in [1.82, 2.24) is 4.98 Å². The number of pyridine rings is 1. The number of aromatic nitrogens is 1. The molecule has 0 radical (unpaired) electrons. The number of nitrogens with one attached hydrogen (secondary N) is 1. The van der Waals surface area contributed by atoms with Gasteiger partial charge in [0, 0.05) is 23.2 Å². The van der Waals surface area contributed by atoms with Gasteiger partial charge in [-0.05, 0) is 30.7 Å². The number of carbonyl (C=O) groups is 2. The molecule has 0 saturated carbocycles. The Morgan fingerprint density at radius 3 is 2.81 bits per heavy atom. The number of rotatable bonds is 4. The Morgan fingerprint density at radius 1 is 1.38 bits per heavy atom. The average Bonchev–Trinajstić information content (AvgIpc) is 2.46. The van der Waals surface area contributed by atoms with Gasteiger partial charge in [-0.25, -0.2) is 4.79 Å². The fourth-order valence-electron chi connectivity index (χ4n) is 1.88. The number of nitrogens with two attached hydrogens (primary N) is 1. The lowest BCUT2D eigenvalue weighted by Gasteiger charge is -2.04. The van der Waals surface area contributed by atoms with Crippen LogP contribution >= 0.6 is 0 Å². The van der Waals surface area contributed by atoms with Gasteiger partial charge >= 0.3 is 5.97 Å². The molecule has 1 heterocycles. The second kappa shape index (κ2) is 6.04. The minimum absolute atomic E-state index is 0.0552. The summed E-state index contributed by atoms with van der Waals surface area (Å²) in [6.45, 7) is 1.86. The summed E-state index contributed by atoms with van der Waals surface area (Å²) in [6.07, 6.45) is 4.03. The number of primary amides is 1. The molecule has 6 nitrogen and oxygen atoms in total. The molecule has 0 unspecified atom stereocenters. The van der Waals surface area contributed by atoms with Gasteiger partial charge in [0.1, 0.15) is 5.56 Å². The maximum atomic E-state index is 12.3. The fraction of sp³-hybridized carbons (Fsp3) is 0.133. The molecule has 108 valence electrons. The quantitative estimate of drug-likeness (QED) is 0.651. The van der Waals surface area contributed by atoms with E-state index in [4.69, 9.17) is 10.5 Å². The van der Waals surface area contributed by atoms with Crippen LogP contribution in [0.25, 0.3) is 17.0 Å². The van der Waals surface area contributed by atoms with E-state index in [0.29, 0.717) is 16.5 Å². The summed E-state index contributed by atoms with van der Waals surface area (Å²) in [6, 6.07) is 4.99. The van der Waals surface area contributed by atoms with E-state index in [1.54, 1.807) is 25.1 Å². The van der Waals surface area contributed by atoms with Crippen molar-refractivity contribution in [2.24, 2.45) is 5.73 Å². The predicted octanol–water partition coefficient (Wildman–Crippen LogP) is 1.20. The molecule has 0 saturated heterocycles. The van der Waals surface area contributed by atoms with Crippen LogP contribution in [0.15, 0.2) is 35.3 Å². The monoisotopic (exact) mass is 286 g/mol. The van der Waals surface area contributed by atoms with Crippen molar-refractivity contribution < 1.29 is 14.3 Å². The summed E-state index contributed by atoms with van der Waals surface area (Å²) >= 11 is 0. The normalized spacial score (nSPS) is 10.9. The summed E-state index contributed by atoms with van der Waals surface area (Å²) in [5.41, 5.74) is 5.77. The minimum atomic E-state index is -0.668. The van der Waals surface area contributed by atoms with Crippen LogP contribution in [0.2, 0.25) is 0 Å².